The van der Waals surface area contributed by atoms with E-state index in [2.05, 4.69) is 140 Å². The van der Waals surface area contributed by atoms with Crippen molar-refractivity contribution in [3.8, 4) is 67.1 Å². The third-order valence-electron chi connectivity index (χ3n) is 16.9. The summed E-state index contributed by atoms with van der Waals surface area (Å²) in [4.78, 5) is 2.29. The molecule has 0 aromatic heterocycles. The van der Waals surface area contributed by atoms with Gasteiger partial charge in [-0.25, -0.2) is 0 Å². The Morgan fingerprint density at radius 1 is 0.378 bits per heavy atom. The van der Waals surface area contributed by atoms with Crippen molar-refractivity contribution in [2.24, 2.45) is 0 Å². The van der Waals surface area contributed by atoms with Crippen molar-refractivity contribution in [1.82, 2.24) is 0 Å². The van der Waals surface area contributed by atoms with E-state index in [0.717, 1.165) is 55.6 Å². The first-order chi connectivity index (χ1) is 45.8. The van der Waals surface area contributed by atoms with Gasteiger partial charge in [0.15, 0.2) is 0 Å². The van der Waals surface area contributed by atoms with Crippen LogP contribution >= 0.6 is 0 Å². The molecule has 3 aliphatic rings. The molecule has 11 aromatic carbocycles. The predicted molar refractivity (Wildman–Crippen MR) is 347 cm³/mol. The number of ether oxygens (including phenoxy) is 1. The summed E-state index contributed by atoms with van der Waals surface area (Å²) in [7, 11) is 0. The van der Waals surface area contributed by atoms with Gasteiger partial charge in [0.2, 0.25) is 0 Å². The molecular formula is C79H68BNO. The van der Waals surface area contributed by atoms with Crippen LogP contribution in [0.2, 0.25) is 0 Å². The molecule has 2 nitrogen and oxygen atoms in total. The van der Waals surface area contributed by atoms with E-state index in [1.165, 1.54) is 11.1 Å². The molecule has 0 spiro atoms. The second kappa shape index (κ2) is 19.1. The second-order valence-electron chi connectivity index (χ2n) is 25.0. The van der Waals surface area contributed by atoms with E-state index in [1.54, 1.807) is 24.3 Å². The fourth-order valence-electron chi connectivity index (χ4n) is 12.7. The van der Waals surface area contributed by atoms with Crippen molar-refractivity contribution in [3.63, 3.8) is 0 Å². The van der Waals surface area contributed by atoms with Gasteiger partial charge in [-0.3, -0.25) is 0 Å². The Labute approximate surface area is 506 Å². The molecule has 0 fully saturated rings. The quantitative estimate of drug-likeness (QED) is 0.148. The van der Waals surface area contributed by atoms with Crippen LogP contribution in [-0.2, 0) is 21.7 Å². The molecule has 0 saturated heterocycles. The van der Waals surface area contributed by atoms with Gasteiger partial charge >= 0.3 is 0 Å². The largest absolute Gasteiger partial charge is 0.458 e. The lowest BCUT2D eigenvalue weighted by Crippen LogP contribution is -2.59. The van der Waals surface area contributed by atoms with Crippen LogP contribution in [0.25, 0.3) is 55.6 Å². The lowest BCUT2D eigenvalue weighted by molar-refractivity contribution is 0.488. The summed E-state index contributed by atoms with van der Waals surface area (Å²) in [5, 5.41) is 0. The highest BCUT2D eigenvalue weighted by atomic mass is 16.5. The van der Waals surface area contributed by atoms with Crippen molar-refractivity contribution in [1.29, 1.82) is 0 Å². The topological polar surface area (TPSA) is 12.5 Å². The van der Waals surface area contributed by atoms with E-state index in [-0.39, 0.29) is 45.0 Å². The Morgan fingerprint density at radius 2 is 0.939 bits per heavy atom. The minimum Gasteiger partial charge on any atom is -0.458 e. The number of hydrogen-bond donors (Lipinski definition) is 0. The van der Waals surface area contributed by atoms with Gasteiger partial charge in [-0.1, -0.05) is 274 Å². The normalized spacial score (nSPS) is 16.4. The number of rotatable bonds is 7. The van der Waals surface area contributed by atoms with Crippen LogP contribution in [-0.4, -0.2) is 6.71 Å². The molecule has 82 heavy (non-hydrogen) atoms. The third kappa shape index (κ3) is 8.30. The van der Waals surface area contributed by atoms with E-state index in [9.17, 15) is 11.0 Å². The van der Waals surface area contributed by atoms with E-state index in [4.69, 9.17) is 14.3 Å². The van der Waals surface area contributed by atoms with Gasteiger partial charge in [0.1, 0.15) is 11.5 Å². The molecule has 3 heteroatoms. The highest BCUT2D eigenvalue weighted by Crippen LogP contribution is 2.59. The standard InChI is InChI=1S/C79H68BNO/c1-76(2,3)59-39-42-69(65(50-59)52-27-16-11-17-28-52)81-70-45-53(55-43-60(77(4,5)6)49-61(44-55)78(7,8)9)37-40-67(70)80-68-41-38-54(51-25-14-10-15-26-51)47-72(68)82-73-48-56(46-71(81)75(73)80)62-34-24-35-64-63-33-22-23-36-66(63)79(74(62)64,57-29-18-12-19-30-57)58-31-20-13-21-32-58/h10-50H,1-9H3/i10D,12D,13D,14D,15D,18D,19D,20D,21D,25D,26D,29D,30D,31D,32D. The van der Waals surface area contributed by atoms with Gasteiger partial charge < -0.3 is 9.64 Å². The van der Waals surface area contributed by atoms with Crippen molar-refractivity contribution in [2.45, 2.75) is 84.0 Å². The van der Waals surface area contributed by atoms with Gasteiger partial charge in [-0.05, 0) is 158 Å². The van der Waals surface area contributed by atoms with Gasteiger partial charge in [-0.15, -0.1) is 0 Å². The number of fused-ring (bicyclic) bond motifs is 7. The van der Waals surface area contributed by atoms with Crippen LogP contribution < -0.4 is 26.0 Å². The fourth-order valence-corrected chi connectivity index (χ4v) is 12.7. The molecule has 0 unspecified atom stereocenters. The molecule has 0 radical (unpaired) electrons. The molecule has 0 saturated carbocycles. The SMILES string of the molecule is [2H]c1c([2H])c([2H])c(-c2ccc3c(c2)Oc2cc(-c4cccc5c4C(c4c([2H])c([2H])c([2H])c([2H])c4[2H])(c4c([2H])c([2H])c([2H])c([2H])c4[2H])c4ccccc4-5)cc4c2B3c2ccc(-c3cc(C(C)(C)C)cc(C(C)(C)C)c3)cc2N4c2ccc(C(C)(C)C)cc2-c2ccccc2)c([2H])c1[2H]. The number of nitrogens with zero attached hydrogens (tertiary/aromatic N) is 1. The van der Waals surface area contributed by atoms with Crippen molar-refractivity contribution in [2.75, 3.05) is 4.90 Å². The molecule has 11 aromatic rings. The van der Waals surface area contributed by atoms with Crippen LogP contribution in [0.3, 0.4) is 0 Å². The van der Waals surface area contributed by atoms with E-state index < -0.39 is 90.7 Å². The maximum atomic E-state index is 9.94. The smallest absolute Gasteiger partial charge is 0.256 e. The van der Waals surface area contributed by atoms with Crippen LogP contribution in [0.1, 0.15) is 122 Å². The molecule has 0 bridgehead atoms. The summed E-state index contributed by atoms with van der Waals surface area (Å²) in [6, 6.07) is 43.5. The molecule has 14 rings (SSSR count). The third-order valence-corrected chi connectivity index (χ3v) is 16.9. The Kier molecular flexibility index (Phi) is 8.66. The number of anilines is 3. The van der Waals surface area contributed by atoms with Gasteiger partial charge in [0.25, 0.3) is 6.71 Å². The van der Waals surface area contributed by atoms with Crippen LogP contribution in [0.5, 0.6) is 11.5 Å². The van der Waals surface area contributed by atoms with Crippen molar-refractivity contribution >= 4 is 40.2 Å². The molecule has 0 atom stereocenters. The Hall–Kier alpha value is -8.92. The molecule has 0 N–H and O–H groups in total. The highest BCUT2D eigenvalue weighted by Gasteiger charge is 2.49. The highest BCUT2D eigenvalue weighted by molar-refractivity contribution is 6.99. The van der Waals surface area contributed by atoms with E-state index in [1.807, 2.05) is 60.7 Å². The second-order valence-corrected chi connectivity index (χ2v) is 25.0. The van der Waals surface area contributed by atoms with Gasteiger partial charge in [-0.2, -0.15) is 0 Å². The first kappa shape index (κ1) is 37.2. The average molecular weight is 1070 g/mol. The molecule has 398 valence electrons. The minimum absolute atomic E-state index is 0.00666. The first-order valence-electron chi connectivity index (χ1n) is 35.5. The Bertz CT molecular complexity index is 5050. The van der Waals surface area contributed by atoms with Gasteiger partial charge in [0, 0.05) is 16.9 Å². The van der Waals surface area contributed by atoms with E-state index >= 15 is 0 Å². The van der Waals surface area contributed by atoms with Gasteiger partial charge in [0.05, 0.1) is 31.7 Å². The summed E-state index contributed by atoms with van der Waals surface area (Å²) >= 11 is 0. The average Bonchev–Trinajstić information content (AvgIpc) is 1.61. The van der Waals surface area contributed by atoms with E-state index in [0.29, 0.717) is 56.1 Å². The summed E-state index contributed by atoms with van der Waals surface area (Å²) in [6.45, 7) is 19.3. The Morgan fingerprint density at radius 3 is 1.60 bits per heavy atom. The molecule has 1 aliphatic carbocycles. The van der Waals surface area contributed by atoms with Crippen molar-refractivity contribution in [3.05, 3.63) is 287 Å². The molecule has 2 aliphatic heterocycles. The lowest BCUT2D eigenvalue weighted by atomic mass is 9.34. The lowest BCUT2D eigenvalue weighted by Gasteiger charge is -2.42. The fraction of sp³-hybridized carbons (Fsp3) is 0.165. The van der Waals surface area contributed by atoms with Crippen molar-refractivity contribution < 1.29 is 25.3 Å². The monoisotopic (exact) mass is 1070 g/mol. The number of hydrogen-bond acceptors (Lipinski definition) is 2. The first-order valence-corrected chi connectivity index (χ1v) is 28.0. The Balaban J connectivity index is 1.16. The van der Waals surface area contributed by atoms with Crippen LogP contribution in [0, 0.1) is 0 Å². The molecule has 2 heterocycles. The maximum absolute atomic E-state index is 9.94. The number of benzene rings is 11. The predicted octanol–water partition coefficient (Wildman–Crippen LogP) is 19.0. The van der Waals surface area contributed by atoms with Crippen LogP contribution in [0.15, 0.2) is 248 Å². The van der Waals surface area contributed by atoms with Crippen LogP contribution in [0.4, 0.5) is 17.1 Å². The summed E-state index contributed by atoms with van der Waals surface area (Å²) in [5.41, 5.74) is 11.3. The zero-order valence-electron chi connectivity index (χ0n) is 62.4. The molecule has 0 amide bonds. The zero-order valence-corrected chi connectivity index (χ0v) is 47.4. The maximum Gasteiger partial charge on any atom is 0.256 e. The minimum atomic E-state index is -2.20. The zero-order chi connectivity index (χ0) is 69.3. The summed E-state index contributed by atoms with van der Waals surface area (Å²) < 4.78 is 146. The summed E-state index contributed by atoms with van der Waals surface area (Å²) in [5.74, 6) is 0.714. The summed E-state index contributed by atoms with van der Waals surface area (Å²) in [6.07, 6.45) is 0. The molecular weight excluding hydrogens is 990 g/mol.